The predicted molar refractivity (Wildman–Crippen MR) is 250 cm³/mol. The van der Waals surface area contributed by atoms with Crippen LogP contribution in [0.15, 0.2) is 218 Å². The average molecular weight is 749 g/mol. The molecule has 0 spiro atoms. The van der Waals surface area contributed by atoms with Crippen LogP contribution in [0.3, 0.4) is 0 Å². The molecule has 11 aromatic rings. The van der Waals surface area contributed by atoms with E-state index >= 15 is 0 Å². The first kappa shape index (κ1) is 34.3. The van der Waals surface area contributed by atoms with Gasteiger partial charge >= 0.3 is 0 Å². The maximum atomic E-state index is 9.54. The first-order valence-electron chi connectivity index (χ1n) is 20.1. The molecule has 0 saturated heterocycles. The van der Waals surface area contributed by atoms with Crippen molar-refractivity contribution in [2.75, 3.05) is 4.90 Å². The SMILES string of the molecule is N#Cc1ccc(N(c2ccc(-c3ccccc3)cc2)c2ccc3c(ccc4cc(-c5c6ccccc6c(-c6cccc7ccccc67)c6ccccc56)ccc43)c2)cc1. The van der Waals surface area contributed by atoms with Gasteiger partial charge in [0.1, 0.15) is 0 Å². The lowest BCUT2D eigenvalue weighted by atomic mass is 9.84. The monoisotopic (exact) mass is 748 g/mol. The molecule has 0 bridgehead atoms. The van der Waals surface area contributed by atoms with Crippen molar-refractivity contribution in [2.45, 2.75) is 0 Å². The fourth-order valence-corrected chi connectivity index (χ4v) is 9.09. The molecule has 0 aliphatic carbocycles. The zero-order chi connectivity index (χ0) is 39.3. The normalized spacial score (nSPS) is 11.4. The van der Waals surface area contributed by atoms with E-state index in [-0.39, 0.29) is 0 Å². The minimum absolute atomic E-state index is 0.638. The van der Waals surface area contributed by atoms with Gasteiger partial charge in [-0.3, -0.25) is 0 Å². The van der Waals surface area contributed by atoms with E-state index in [0.29, 0.717) is 5.56 Å². The number of nitrogens with zero attached hydrogens (tertiary/aromatic N) is 2. The van der Waals surface area contributed by atoms with Gasteiger partial charge in [-0.25, -0.2) is 0 Å². The number of fused-ring (bicyclic) bond motifs is 6. The maximum absolute atomic E-state index is 9.54. The molecule has 0 heterocycles. The Kier molecular flexibility index (Phi) is 8.24. The summed E-state index contributed by atoms with van der Waals surface area (Å²) in [4.78, 5) is 2.26. The molecule has 59 heavy (non-hydrogen) atoms. The Labute approximate surface area is 343 Å². The van der Waals surface area contributed by atoms with Crippen LogP contribution in [0.25, 0.3) is 87.2 Å². The van der Waals surface area contributed by atoms with Crippen LogP contribution in [-0.4, -0.2) is 0 Å². The number of anilines is 3. The first-order valence-corrected chi connectivity index (χ1v) is 20.1. The summed E-state index contributed by atoms with van der Waals surface area (Å²) in [7, 11) is 0. The van der Waals surface area contributed by atoms with Gasteiger partial charge in [-0.15, -0.1) is 0 Å². The van der Waals surface area contributed by atoms with E-state index in [4.69, 9.17) is 0 Å². The Morgan fingerprint density at radius 2 is 0.797 bits per heavy atom. The number of benzene rings is 11. The third-order valence-electron chi connectivity index (χ3n) is 11.8. The molecule has 274 valence electrons. The lowest BCUT2D eigenvalue weighted by Crippen LogP contribution is -2.09. The molecule has 2 nitrogen and oxygen atoms in total. The molecule has 0 aliphatic rings. The minimum Gasteiger partial charge on any atom is -0.310 e. The molecule has 0 aromatic heterocycles. The number of rotatable bonds is 6. The summed E-state index contributed by atoms with van der Waals surface area (Å²) < 4.78 is 0. The predicted octanol–water partition coefficient (Wildman–Crippen LogP) is 15.8. The van der Waals surface area contributed by atoms with Crippen molar-refractivity contribution in [1.29, 1.82) is 5.26 Å². The van der Waals surface area contributed by atoms with Crippen molar-refractivity contribution in [3.8, 4) is 39.4 Å². The summed E-state index contributed by atoms with van der Waals surface area (Å²) >= 11 is 0. The van der Waals surface area contributed by atoms with Crippen molar-refractivity contribution in [3.63, 3.8) is 0 Å². The van der Waals surface area contributed by atoms with Gasteiger partial charge in [0.05, 0.1) is 11.6 Å². The maximum Gasteiger partial charge on any atom is 0.0991 e. The van der Waals surface area contributed by atoms with Crippen LogP contribution in [0.5, 0.6) is 0 Å². The second-order valence-electron chi connectivity index (χ2n) is 15.2. The fourth-order valence-electron chi connectivity index (χ4n) is 9.09. The molecular formula is C57H36N2. The van der Waals surface area contributed by atoms with Gasteiger partial charge in [0.15, 0.2) is 0 Å². The third-order valence-corrected chi connectivity index (χ3v) is 11.8. The summed E-state index contributed by atoms with van der Waals surface area (Å²) in [5.41, 5.74) is 11.1. The van der Waals surface area contributed by atoms with E-state index in [2.05, 4.69) is 199 Å². The lowest BCUT2D eigenvalue weighted by molar-refractivity contribution is 1.29. The van der Waals surface area contributed by atoms with Crippen LogP contribution in [0, 0.1) is 11.3 Å². The molecule has 0 aliphatic heterocycles. The van der Waals surface area contributed by atoms with Gasteiger partial charge in [-0.2, -0.15) is 5.26 Å². The van der Waals surface area contributed by atoms with Crippen LogP contribution in [0.2, 0.25) is 0 Å². The molecule has 11 rings (SSSR count). The summed E-state index contributed by atoms with van der Waals surface area (Å²) in [6.45, 7) is 0. The molecule has 0 atom stereocenters. The standard InChI is InChI=1S/C57H36N2/c58-37-38-21-28-45(29-22-38)59(46-30-25-40(26-31-46)39-11-2-1-3-12-39)47-32-34-50-43(36-47)24-23-42-35-44(27-33-49(42)50)56-52-16-6-8-18-54(52)57(55-19-9-7-17-53(55)56)51-20-10-14-41-13-4-5-15-48(41)51/h1-36H. The Hall–Kier alpha value is -7.99. The molecule has 0 radical (unpaired) electrons. The molecule has 0 unspecified atom stereocenters. The zero-order valence-electron chi connectivity index (χ0n) is 32.2. The van der Waals surface area contributed by atoms with E-state index in [1.165, 1.54) is 81.9 Å². The lowest BCUT2D eigenvalue weighted by Gasteiger charge is -2.26. The fraction of sp³-hybridized carbons (Fsp3) is 0. The van der Waals surface area contributed by atoms with Gasteiger partial charge in [-0.1, -0.05) is 164 Å². The van der Waals surface area contributed by atoms with Crippen molar-refractivity contribution < 1.29 is 0 Å². The van der Waals surface area contributed by atoms with E-state index in [1.54, 1.807) is 0 Å². The van der Waals surface area contributed by atoms with Crippen LogP contribution in [-0.2, 0) is 0 Å². The first-order chi connectivity index (χ1) is 29.2. The van der Waals surface area contributed by atoms with Crippen molar-refractivity contribution in [1.82, 2.24) is 0 Å². The van der Waals surface area contributed by atoms with Crippen molar-refractivity contribution >= 4 is 70.9 Å². The quantitative estimate of drug-likeness (QED) is 0.125. The highest BCUT2D eigenvalue weighted by molar-refractivity contribution is 6.24. The molecule has 11 aromatic carbocycles. The highest BCUT2D eigenvalue weighted by Gasteiger charge is 2.19. The van der Waals surface area contributed by atoms with E-state index in [0.717, 1.165) is 22.4 Å². The molecule has 0 fully saturated rings. The number of nitriles is 1. The zero-order valence-corrected chi connectivity index (χ0v) is 32.2. The van der Waals surface area contributed by atoms with Gasteiger partial charge in [0.25, 0.3) is 0 Å². The largest absolute Gasteiger partial charge is 0.310 e. The van der Waals surface area contributed by atoms with Crippen LogP contribution < -0.4 is 4.90 Å². The Bertz CT molecular complexity index is 3370. The van der Waals surface area contributed by atoms with Crippen LogP contribution in [0.1, 0.15) is 5.56 Å². The Morgan fingerprint density at radius 1 is 0.305 bits per heavy atom. The molecule has 0 N–H and O–H groups in total. The molecular weight excluding hydrogens is 713 g/mol. The van der Waals surface area contributed by atoms with Gasteiger partial charge in [0, 0.05) is 17.1 Å². The molecule has 0 saturated carbocycles. The van der Waals surface area contributed by atoms with E-state index < -0.39 is 0 Å². The minimum atomic E-state index is 0.638. The Balaban J connectivity index is 1.04. The summed E-state index contributed by atoms with van der Waals surface area (Å²) in [5, 5.41) is 21.9. The van der Waals surface area contributed by atoms with E-state index in [9.17, 15) is 5.26 Å². The highest BCUT2D eigenvalue weighted by Crippen LogP contribution is 2.46. The Morgan fingerprint density at radius 3 is 1.46 bits per heavy atom. The van der Waals surface area contributed by atoms with Gasteiger partial charge < -0.3 is 4.90 Å². The van der Waals surface area contributed by atoms with Gasteiger partial charge in [-0.05, 0) is 142 Å². The van der Waals surface area contributed by atoms with Gasteiger partial charge in [0.2, 0.25) is 0 Å². The van der Waals surface area contributed by atoms with Crippen LogP contribution >= 0.6 is 0 Å². The second kappa shape index (κ2) is 14.2. The molecule has 2 heteroatoms. The van der Waals surface area contributed by atoms with Crippen molar-refractivity contribution in [3.05, 3.63) is 224 Å². The summed E-state index contributed by atoms with van der Waals surface area (Å²) in [6.07, 6.45) is 0. The third kappa shape index (κ3) is 5.88. The van der Waals surface area contributed by atoms with E-state index in [1.807, 2.05) is 30.3 Å². The highest BCUT2D eigenvalue weighted by atomic mass is 15.1. The van der Waals surface area contributed by atoms with Crippen LogP contribution in [0.4, 0.5) is 17.1 Å². The van der Waals surface area contributed by atoms with Crippen molar-refractivity contribution in [2.24, 2.45) is 0 Å². The summed E-state index contributed by atoms with van der Waals surface area (Å²) in [5.74, 6) is 0. The smallest absolute Gasteiger partial charge is 0.0991 e. The topological polar surface area (TPSA) is 27.0 Å². The average Bonchev–Trinajstić information content (AvgIpc) is 3.31. The molecule has 0 amide bonds. The second-order valence-corrected chi connectivity index (χ2v) is 15.2. The number of hydrogen-bond acceptors (Lipinski definition) is 2. The number of hydrogen-bond donors (Lipinski definition) is 0. The summed E-state index contributed by atoms with van der Waals surface area (Å²) in [6, 6.07) is 80.6.